The number of hydroxylamine groups is 2. The monoisotopic (exact) mass is 423 g/mol. The molecule has 1 spiro atoms. The Kier molecular flexibility index (Phi) is 4.97. The zero-order chi connectivity index (χ0) is 21.6. The molecule has 3 heterocycles. The predicted octanol–water partition coefficient (Wildman–Crippen LogP) is 3.76. The Morgan fingerprint density at radius 3 is 2.84 bits per heavy atom. The van der Waals surface area contributed by atoms with Gasteiger partial charge in [-0.15, -0.1) is 10.2 Å². The maximum absolute atomic E-state index is 13.2. The zero-order valence-corrected chi connectivity index (χ0v) is 18.1. The number of aromatic nitrogens is 2. The number of allylic oxidation sites excluding steroid dienone is 1. The summed E-state index contributed by atoms with van der Waals surface area (Å²) in [6.07, 6.45) is 3.04. The SMILES string of the molecule is C=C(C)NC[C@H](C)c1nnc([C@@H]2CC3(CC3)[C@@H]3CN2C(=O)N3OCc2ccccc2)o1. The van der Waals surface area contributed by atoms with Crippen LogP contribution in [0.5, 0.6) is 0 Å². The first kappa shape index (κ1) is 20.1. The van der Waals surface area contributed by atoms with Gasteiger partial charge in [0.05, 0.1) is 12.0 Å². The lowest BCUT2D eigenvalue weighted by molar-refractivity contribution is -0.153. The van der Waals surface area contributed by atoms with E-state index in [1.165, 1.54) is 0 Å². The smallest absolute Gasteiger partial charge is 0.345 e. The van der Waals surface area contributed by atoms with Crippen molar-refractivity contribution in [3.05, 3.63) is 60.0 Å². The average Bonchev–Trinajstić information content (AvgIpc) is 3.24. The highest BCUT2D eigenvalue weighted by atomic mass is 16.7. The standard InChI is InChI=1S/C23H29N5O3/c1-15(2)24-12-16(3)20-25-26-21(31-20)18-11-23(9-10-23)19-13-27(18)22(29)28(19)30-14-17-7-5-4-6-8-17/h4-8,16,18-19,24H,1,9-14H2,2-3H3/t16-,18-,19-/m0/s1. The molecular weight excluding hydrogens is 394 g/mol. The second kappa shape index (κ2) is 7.67. The van der Waals surface area contributed by atoms with E-state index in [9.17, 15) is 4.79 Å². The number of urea groups is 1. The number of benzene rings is 1. The highest BCUT2D eigenvalue weighted by molar-refractivity contribution is 5.77. The van der Waals surface area contributed by atoms with Crippen LogP contribution < -0.4 is 5.32 Å². The molecule has 8 nitrogen and oxygen atoms in total. The van der Waals surface area contributed by atoms with E-state index in [1.54, 1.807) is 5.06 Å². The molecule has 8 heteroatoms. The first-order valence-electron chi connectivity index (χ1n) is 11.0. The molecule has 3 atom stereocenters. The van der Waals surface area contributed by atoms with Crippen molar-refractivity contribution >= 4 is 6.03 Å². The highest BCUT2D eigenvalue weighted by Gasteiger charge is 2.64. The van der Waals surface area contributed by atoms with Crippen LogP contribution in [-0.4, -0.2) is 45.3 Å². The van der Waals surface area contributed by atoms with Crippen molar-refractivity contribution in [1.29, 1.82) is 0 Å². The number of hydrogen-bond donors (Lipinski definition) is 1. The summed E-state index contributed by atoms with van der Waals surface area (Å²) in [5.41, 5.74) is 2.04. The minimum Gasteiger partial charge on any atom is -0.423 e. The van der Waals surface area contributed by atoms with Gasteiger partial charge in [-0.3, -0.25) is 4.84 Å². The zero-order valence-electron chi connectivity index (χ0n) is 18.1. The number of amides is 2. The number of fused-ring (bicyclic) bond motifs is 3. The van der Waals surface area contributed by atoms with Crippen LogP contribution in [0.1, 0.15) is 62.4 Å². The molecule has 0 radical (unpaired) electrons. The summed E-state index contributed by atoms with van der Waals surface area (Å²) in [5.74, 6) is 1.17. The Morgan fingerprint density at radius 1 is 1.35 bits per heavy atom. The van der Waals surface area contributed by atoms with Crippen LogP contribution in [0.3, 0.4) is 0 Å². The van der Waals surface area contributed by atoms with Crippen LogP contribution in [0.4, 0.5) is 4.79 Å². The second-order valence-corrected chi connectivity index (χ2v) is 9.16. The molecule has 5 rings (SSSR count). The minimum absolute atomic E-state index is 0.0594. The average molecular weight is 424 g/mol. The van der Waals surface area contributed by atoms with Gasteiger partial charge in [-0.05, 0) is 37.2 Å². The molecule has 2 aromatic rings. The Bertz CT molecular complexity index is 971. The molecule has 0 unspecified atom stereocenters. The number of piperidine rings is 1. The first-order valence-corrected chi connectivity index (χ1v) is 11.0. The predicted molar refractivity (Wildman–Crippen MR) is 114 cm³/mol. The van der Waals surface area contributed by atoms with Gasteiger partial charge in [0.25, 0.3) is 0 Å². The normalized spacial score (nSPS) is 24.5. The molecule has 1 saturated carbocycles. The van der Waals surface area contributed by atoms with E-state index >= 15 is 0 Å². The van der Waals surface area contributed by atoms with E-state index < -0.39 is 0 Å². The van der Waals surface area contributed by atoms with Crippen molar-refractivity contribution in [3.8, 4) is 0 Å². The highest BCUT2D eigenvalue weighted by Crippen LogP contribution is 2.61. The number of hydrogen-bond acceptors (Lipinski definition) is 6. The van der Waals surface area contributed by atoms with Gasteiger partial charge in [0.2, 0.25) is 11.8 Å². The number of carbonyl (C=O) groups is 1. The number of carbonyl (C=O) groups excluding carboxylic acids is 1. The van der Waals surface area contributed by atoms with Gasteiger partial charge < -0.3 is 14.6 Å². The number of nitrogens with zero attached hydrogens (tertiary/aromatic N) is 4. The third kappa shape index (κ3) is 3.69. The first-order chi connectivity index (χ1) is 15.0. The van der Waals surface area contributed by atoms with Gasteiger partial charge in [0.15, 0.2) is 0 Å². The van der Waals surface area contributed by atoms with E-state index in [0.29, 0.717) is 31.5 Å². The Morgan fingerprint density at radius 2 is 2.13 bits per heavy atom. The lowest BCUT2D eigenvalue weighted by Gasteiger charge is -2.35. The molecule has 2 aliphatic heterocycles. The molecule has 164 valence electrons. The molecule has 2 amide bonds. The van der Waals surface area contributed by atoms with Crippen LogP contribution >= 0.6 is 0 Å². The Balaban J connectivity index is 1.32. The summed E-state index contributed by atoms with van der Waals surface area (Å²) in [4.78, 5) is 21.1. The summed E-state index contributed by atoms with van der Waals surface area (Å²) in [6, 6.07) is 9.72. The summed E-state index contributed by atoms with van der Waals surface area (Å²) in [6.45, 7) is 9.52. The molecule has 3 fully saturated rings. The van der Waals surface area contributed by atoms with E-state index in [4.69, 9.17) is 9.25 Å². The van der Waals surface area contributed by atoms with Crippen molar-refractivity contribution in [1.82, 2.24) is 25.5 Å². The fraction of sp³-hybridized carbons (Fsp3) is 0.522. The second-order valence-electron chi connectivity index (χ2n) is 9.16. The fourth-order valence-corrected chi connectivity index (χ4v) is 4.71. The van der Waals surface area contributed by atoms with E-state index in [2.05, 4.69) is 22.1 Å². The van der Waals surface area contributed by atoms with Crippen molar-refractivity contribution in [2.45, 2.75) is 57.7 Å². The third-order valence-electron chi connectivity index (χ3n) is 6.75. The maximum atomic E-state index is 13.2. The largest absolute Gasteiger partial charge is 0.423 e. The van der Waals surface area contributed by atoms with E-state index in [0.717, 1.165) is 30.5 Å². The number of nitrogens with one attached hydrogen (secondary N) is 1. The van der Waals surface area contributed by atoms with Crippen LogP contribution in [-0.2, 0) is 11.4 Å². The topological polar surface area (TPSA) is 83.7 Å². The lowest BCUT2D eigenvalue weighted by atomic mass is 9.85. The molecule has 2 saturated heterocycles. The Labute approximate surface area is 182 Å². The summed E-state index contributed by atoms with van der Waals surface area (Å²) in [5, 5.41) is 13.4. The summed E-state index contributed by atoms with van der Waals surface area (Å²) < 4.78 is 6.06. The molecular formula is C23H29N5O3. The molecule has 1 N–H and O–H groups in total. The van der Waals surface area contributed by atoms with Gasteiger partial charge >= 0.3 is 6.03 Å². The van der Waals surface area contributed by atoms with E-state index in [1.807, 2.05) is 49.1 Å². The molecule has 1 aliphatic carbocycles. The molecule has 3 aliphatic rings. The summed E-state index contributed by atoms with van der Waals surface area (Å²) in [7, 11) is 0. The molecule has 31 heavy (non-hydrogen) atoms. The molecule has 1 aromatic heterocycles. The fourth-order valence-electron chi connectivity index (χ4n) is 4.71. The van der Waals surface area contributed by atoms with Crippen molar-refractivity contribution in [3.63, 3.8) is 0 Å². The van der Waals surface area contributed by atoms with Gasteiger partial charge in [-0.2, -0.15) is 5.06 Å². The van der Waals surface area contributed by atoms with Crippen LogP contribution in [0.2, 0.25) is 0 Å². The lowest BCUT2D eigenvalue weighted by Crippen LogP contribution is -2.42. The Hall–Kier alpha value is -2.87. The van der Waals surface area contributed by atoms with Crippen molar-refractivity contribution in [2.24, 2.45) is 5.41 Å². The molecule has 1 aromatic carbocycles. The van der Waals surface area contributed by atoms with Crippen LogP contribution in [0, 0.1) is 5.41 Å². The van der Waals surface area contributed by atoms with E-state index in [-0.39, 0.29) is 29.4 Å². The minimum atomic E-state index is -0.195. The van der Waals surface area contributed by atoms with Crippen molar-refractivity contribution in [2.75, 3.05) is 13.1 Å². The van der Waals surface area contributed by atoms with Gasteiger partial charge in [0, 0.05) is 18.8 Å². The molecule has 2 bridgehead atoms. The maximum Gasteiger partial charge on any atom is 0.345 e. The summed E-state index contributed by atoms with van der Waals surface area (Å²) >= 11 is 0. The van der Waals surface area contributed by atoms with Gasteiger partial charge in [-0.1, -0.05) is 43.8 Å². The van der Waals surface area contributed by atoms with Crippen molar-refractivity contribution < 1.29 is 14.0 Å². The van der Waals surface area contributed by atoms with Crippen LogP contribution in [0.25, 0.3) is 0 Å². The van der Waals surface area contributed by atoms with Crippen LogP contribution in [0.15, 0.2) is 47.0 Å². The van der Waals surface area contributed by atoms with Gasteiger partial charge in [0.1, 0.15) is 12.6 Å². The third-order valence-corrected chi connectivity index (χ3v) is 6.75. The van der Waals surface area contributed by atoms with Gasteiger partial charge in [-0.25, -0.2) is 4.79 Å². The quantitative estimate of drug-likeness (QED) is 0.696. The number of rotatable bonds is 8.